The van der Waals surface area contributed by atoms with Crippen LogP contribution in [0.5, 0.6) is 0 Å². The number of carboxylic acids is 1. The van der Waals surface area contributed by atoms with Crippen molar-refractivity contribution in [1.82, 2.24) is 14.7 Å². The molecule has 1 rings (SSSR count). The van der Waals surface area contributed by atoms with Crippen LogP contribution >= 0.6 is 0 Å². The number of nitrogens with zero attached hydrogens (tertiary/aromatic N) is 4. The van der Waals surface area contributed by atoms with E-state index in [-0.39, 0.29) is 18.5 Å². The first-order chi connectivity index (χ1) is 9.43. The highest BCUT2D eigenvalue weighted by Gasteiger charge is 2.23. The molecule has 0 radical (unpaired) electrons. The van der Waals surface area contributed by atoms with Crippen LogP contribution in [0.3, 0.4) is 0 Å². The van der Waals surface area contributed by atoms with Crippen LogP contribution in [0.2, 0.25) is 0 Å². The largest absolute Gasteiger partial charge is 0.480 e. The minimum absolute atomic E-state index is 0.0172. The van der Waals surface area contributed by atoms with Crippen LogP contribution in [0.25, 0.3) is 0 Å². The lowest BCUT2D eigenvalue weighted by molar-refractivity contribution is -0.138. The number of carbonyl (C=O) groups is 2. The van der Waals surface area contributed by atoms with E-state index >= 15 is 0 Å². The van der Waals surface area contributed by atoms with E-state index in [1.54, 1.807) is 23.8 Å². The average molecular weight is 282 g/mol. The van der Waals surface area contributed by atoms with Crippen molar-refractivity contribution in [2.45, 2.75) is 13.3 Å². The molecule has 7 nitrogen and oxygen atoms in total. The molecular weight excluding hydrogens is 260 g/mol. The molecule has 20 heavy (non-hydrogen) atoms. The lowest BCUT2D eigenvalue weighted by Crippen LogP contribution is -2.44. The maximum Gasteiger partial charge on any atom is 0.319 e. The Balaban J connectivity index is 2.49. The molecule has 1 unspecified atom stereocenters. The Bertz CT molecular complexity index is 394. The van der Waals surface area contributed by atoms with E-state index in [4.69, 9.17) is 10.4 Å². The predicted octanol–water partition coefficient (Wildman–Crippen LogP) is 0.290. The Morgan fingerprint density at radius 2 is 2.05 bits per heavy atom. The minimum atomic E-state index is -0.843. The van der Waals surface area contributed by atoms with Gasteiger partial charge in [0, 0.05) is 39.8 Å². The quantitative estimate of drug-likeness (QED) is 0.800. The zero-order chi connectivity index (χ0) is 15.1. The molecule has 1 aliphatic rings. The number of nitriles is 1. The van der Waals surface area contributed by atoms with Gasteiger partial charge in [0.05, 0.1) is 18.5 Å². The van der Waals surface area contributed by atoms with Gasteiger partial charge >= 0.3 is 12.0 Å². The summed E-state index contributed by atoms with van der Waals surface area (Å²) >= 11 is 0. The fourth-order valence-electron chi connectivity index (χ4n) is 2.28. The minimum Gasteiger partial charge on any atom is -0.480 e. The molecule has 1 atom stereocenters. The van der Waals surface area contributed by atoms with E-state index in [2.05, 4.69) is 6.07 Å². The summed E-state index contributed by atoms with van der Waals surface area (Å²) in [6.07, 6.45) is 0.765. The van der Waals surface area contributed by atoms with Gasteiger partial charge in [-0.2, -0.15) is 5.26 Å². The highest BCUT2D eigenvalue weighted by atomic mass is 16.4. The third-order valence-corrected chi connectivity index (χ3v) is 3.31. The average Bonchev–Trinajstić information content (AvgIpc) is 2.62. The molecule has 1 saturated heterocycles. The van der Waals surface area contributed by atoms with Crippen molar-refractivity contribution in [3.05, 3.63) is 0 Å². The van der Waals surface area contributed by atoms with Crippen LogP contribution in [0.4, 0.5) is 4.79 Å². The second-order valence-corrected chi connectivity index (χ2v) is 5.20. The summed E-state index contributed by atoms with van der Waals surface area (Å²) in [5, 5.41) is 17.6. The van der Waals surface area contributed by atoms with Gasteiger partial charge in [0.1, 0.15) is 0 Å². The normalized spacial score (nSPS) is 17.9. The summed E-state index contributed by atoms with van der Waals surface area (Å²) in [7, 11) is 1.69. The molecular formula is C13H22N4O3. The molecule has 1 fully saturated rings. The molecule has 2 amide bonds. The summed E-state index contributed by atoms with van der Waals surface area (Å²) < 4.78 is 0. The molecule has 0 aliphatic carbocycles. The molecule has 7 heteroatoms. The van der Waals surface area contributed by atoms with Crippen molar-refractivity contribution < 1.29 is 14.7 Å². The second-order valence-electron chi connectivity index (χ2n) is 5.20. The highest BCUT2D eigenvalue weighted by molar-refractivity contribution is 5.74. The fourth-order valence-corrected chi connectivity index (χ4v) is 2.28. The van der Waals surface area contributed by atoms with E-state index in [1.807, 2.05) is 4.90 Å². The van der Waals surface area contributed by atoms with Crippen molar-refractivity contribution in [3.8, 4) is 6.07 Å². The van der Waals surface area contributed by atoms with Crippen LogP contribution in [-0.2, 0) is 4.79 Å². The molecule has 0 aromatic heterocycles. The number of urea groups is 1. The summed E-state index contributed by atoms with van der Waals surface area (Å²) in [5.74, 6) is -1.04. The van der Waals surface area contributed by atoms with E-state index in [0.717, 1.165) is 6.42 Å². The van der Waals surface area contributed by atoms with Crippen molar-refractivity contribution in [2.75, 3.05) is 46.3 Å². The van der Waals surface area contributed by atoms with Crippen LogP contribution in [0.15, 0.2) is 0 Å². The van der Waals surface area contributed by atoms with Gasteiger partial charge in [0.15, 0.2) is 0 Å². The summed E-state index contributed by atoms with van der Waals surface area (Å²) in [6, 6.07) is 2.02. The van der Waals surface area contributed by atoms with Crippen molar-refractivity contribution in [2.24, 2.45) is 5.92 Å². The predicted molar refractivity (Wildman–Crippen MR) is 73.1 cm³/mol. The second kappa shape index (κ2) is 7.70. The maximum absolute atomic E-state index is 12.2. The SMILES string of the molecule is CC(C#N)CN(C)C(=O)N1CCCN(CC(=O)O)CC1. The first-order valence-electron chi connectivity index (χ1n) is 6.78. The zero-order valence-electron chi connectivity index (χ0n) is 12.1. The first-order valence-corrected chi connectivity index (χ1v) is 6.78. The number of carboxylic acid groups (broad SMARTS) is 1. The standard InChI is InChI=1S/C13H22N4O3/c1-11(8-14)9-15(2)13(20)17-5-3-4-16(6-7-17)10-12(18)19/h11H,3-7,9-10H2,1-2H3,(H,18,19). The number of rotatable bonds is 4. The van der Waals surface area contributed by atoms with Gasteiger partial charge < -0.3 is 14.9 Å². The molecule has 0 saturated carbocycles. The summed E-state index contributed by atoms with van der Waals surface area (Å²) in [4.78, 5) is 28.1. The topological polar surface area (TPSA) is 87.9 Å². The smallest absolute Gasteiger partial charge is 0.319 e. The maximum atomic E-state index is 12.2. The van der Waals surface area contributed by atoms with E-state index in [9.17, 15) is 9.59 Å². The highest BCUT2D eigenvalue weighted by Crippen LogP contribution is 2.07. The zero-order valence-corrected chi connectivity index (χ0v) is 12.1. The Morgan fingerprint density at radius 1 is 1.35 bits per heavy atom. The Labute approximate surface area is 119 Å². The molecule has 0 aromatic carbocycles. The monoisotopic (exact) mass is 282 g/mol. The van der Waals surface area contributed by atoms with Crippen LogP contribution < -0.4 is 0 Å². The van der Waals surface area contributed by atoms with Gasteiger partial charge in [-0.1, -0.05) is 0 Å². The number of hydrogen-bond donors (Lipinski definition) is 1. The van der Waals surface area contributed by atoms with Gasteiger partial charge in [-0.15, -0.1) is 0 Å². The number of amides is 2. The van der Waals surface area contributed by atoms with Gasteiger partial charge in [0.25, 0.3) is 0 Å². The third kappa shape index (κ3) is 5.05. The first kappa shape index (κ1) is 16.2. The molecule has 112 valence electrons. The number of hydrogen-bond acceptors (Lipinski definition) is 4. The number of aliphatic carboxylic acids is 1. The molecule has 1 aliphatic heterocycles. The summed E-state index contributed by atoms with van der Waals surface area (Å²) in [5.41, 5.74) is 0. The summed E-state index contributed by atoms with van der Waals surface area (Å²) in [6.45, 7) is 4.61. The van der Waals surface area contributed by atoms with Gasteiger partial charge in [0.2, 0.25) is 0 Å². The number of carbonyl (C=O) groups excluding carboxylic acids is 1. The van der Waals surface area contributed by atoms with Crippen molar-refractivity contribution in [1.29, 1.82) is 5.26 Å². The molecule has 0 aromatic rings. The molecule has 0 spiro atoms. The molecule has 1 heterocycles. The Hall–Kier alpha value is -1.81. The third-order valence-electron chi connectivity index (χ3n) is 3.31. The lowest BCUT2D eigenvalue weighted by atomic mass is 10.2. The lowest BCUT2D eigenvalue weighted by Gasteiger charge is -2.27. The fraction of sp³-hybridized carbons (Fsp3) is 0.769. The molecule has 0 bridgehead atoms. The Morgan fingerprint density at radius 3 is 2.65 bits per heavy atom. The van der Waals surface area contributed by atoms with E-state index in [1.165, 1.54) is 0 Å². The van der Waals surface area contributed by atoms with Gasteiger partial charge in [-0.25, -0.2) is 4.79 Å². The molecule has 1 N–H and O–H groups in total. The van der Waals surface area contributed by atoms with E-state index in [0.29, 0.717) is 32.7 Å². The van der Waals surface area contributed by atoms with Gasteiger partial charge in [-0.05, 0) is 13.3 Å². The van der Waals surface area contributed by atoms with Crippen molar-refractivity contribution in [3.63, 3.8) is 0 Å². The van der Waals surface area contributed by atoms with Crippen LogP contribution in [0.1, 0.15) is 13.3 Å². The van der Waals surface area contributed by atoms with Gasteiger partial charge in [-0.3, -0.25) is 9.69 Å². The van der Waals surface area contributed by atoms with Crippen LogP contribution in [-0.4, -0.2) is 78.1 Å². The van der Waals surface area contributed by atoms with E-state index < -0.39 is 5.97 Å². The Kier molecular flexibility index (Phi) is 6.25. The van der Waals surface area contributed by atoms with Crippen LogP contribution in [0, 0.1) is 17.2 Å². The van der Waals surface area contributed by atoms with Crippen molar-refractivity contribution >= 4 is 12.0 Å².